The van der Waals surface area contributed by atoms with Gasteiger partial charge in [-0.2, -0.15) is 0 Å². The minimum absolute atomic E-state index is 0.0620. The van der Waals surface area contributed by atoms with E-state index < -0.39 is 30.8 Å². The van der Waals surface area contributed by atoms with E-state index in [0.717, 1.165) is 24.0 Å². The molecule has 0 aliphatic carbocycles. The Labute approximate surface area is 173 Å². The van der Waals surface area contributed by atoms with Crippen LogP contribution in [-0.4, -0.2) is 68.2 Å². The summed E-state index contributed by atoms with van der Waals surface area (Å²) in [6.07, 6.45) is 2.97. The van der Waals surface area contributed by atoms with Gasteiger partial charge < -0.3 is 9.80 Å². The molecule has 9 heteroatoms. The van der Waals surface area contributed by atoms with E-state index in [-0.39, 0.29) is 18.1 Å². The Hall–Kier alpha value is -2.84. The van der Waals surface area contributed by atoms with Crippen molar-refractivity contribution in [3.8, 4) is 0 Å². The lowest BCUT2D eigenvalue weighted by Gasteiger charge is -2.24. The van der Waals surface area contributed by atoms with Crippen LogP contribution in [0.5, 0.6) is 0 Å². The van der Waals surface area contributed by atoms with Crippen molar-refractivity contribution in [2.45, 2.75) is 51.6 Å². The van der Waals surface area contributed by atoms with Gasteiger partial charge in [-0.1, -0.05) is 22.9 Å². The van der Waals surface area contributed by atoms with Crippen molar-refractivity contribution in [3.05, 3.63) is 46.8 Å². The molecule has 1 aromatic carbocycles. The summed E-state index contributed by atoms with van der Waals surface area (Å²) in [5.74, 6) is -3.57. The molecule has 0 saturated carbocycles. The second-order valence-electron chi connectivity index (χ2n) is 8.29. The first-order valence-corrected chi connectivity index (χ1v) is 10.2. The van der Waals surface area contributed by atoms with E-state index in [9.17, 15) is 18.4 Å². The Morgan fingerprint density at radius 1 is 1.17 bits per heavy atom. The second kappa shape index (κ2) is 7.77. The average Bonchev–Trinajstić information content (AvgIpc) is 3.41. The summed E-state index contributed by atoms with van der Waals surface area (Å²) in [6, 6.07) is 4.62. The molecule has 1 unspecified atom stereocenters. The van der Waals surface area contributed by atoms with Gasteiger partial charge in [-0.3, -0.25) is 9.59 Å². The van der Waals surface area contributed by atoms with Crippen LogP contribution in [0.3, 0.4) is 0 Å². The summed E-state index contributed by atoms with van der Waals surface area (Å²) in [7, 11) is 0. The van der Waals surface area contributed by atoms with Crippen molar-refractivity contribution < 1.29 is 18.4 Å². The molecular weight excluding hydrogens is 392 g/mol. The first-order chi connectivity index (χ1) is 14.2. The monoisotopic (exact) mass is 417 g/mol. The average molecular weight is 417 g/mol. The molecule has 0 spiro atoms. The molecule has 4 rings (SSSR count). The van der Waals surface area contributed by atoms with Crippen LogP contribution in [0.2, 0.25) is 0 Å². The Kier molecular flexibility index (Phi) is 5.29. The number of halogens is 2. The highest BCUT2D eigenvalue weighted by atomic mass is 19.3. The maximum Gasteiger partial charge on any atom is 0.276 e. The zero-order valence-electron chi connectivity index (χ0n) is 17.1. The molecule has 2 saturated heterocycles. The van der Waals surface area contributed by atoms with E-state index in [4.69, 9.17) is 0 Å². The van der Waals surface area contributed by atoms with Crippen LogP contribution in [-0.2, 0) is 6.54 Å². The molecule has 2 amide bonds. The number of amides is 2. The lowest BCUT2D eigenvalue weighted by Crippen LogP contribution is -2.39. The van der Waals surface area contributed by atoms with Crippen molar-refractivity contribution in [3.63, 3.8) is 0 Å². The molecule has 160 valence electrons. The van der Waals surface area contributed by atoms with Gasteiger partial charge in [0.15, 0.2) is 5.69 Å². The number of carbonyl (C=O) groups excluding carboxylic acids is 2. The number of likely N-dealkylation sites (tertiary alicyclic amines) is 2. The van der Waals surface area contributed by atoms with Crippen molar-refractivity contribution >= 4 is 11.8 Å². The van der Waals surface area contributed by atoms with E-state index >= 15 is 0 Å². The van der Waals surface area contributed by atoms with Crippen LogP contribution < -0.4 is 0 Å². The molecular formula is C21H25F2N5O2. The Morgan fingerprint density at radius 3 is 2.60 bits per heavy atom. The van der Waals surface area contributed by atoms with Gasteiger partial charge >= 0.3 is 0 Å². The molecule has 30 heavy (non-hydrogen) atoms. The molecule has 2 aliphatic heterocycles. The topological polar surface area (TPSA) is 71.3 Å². The number of hydrogen-bond acceptors (Lipinski definition) is 4. The SMILES string of the molecule is Cc1ccc(C(=O)N2CC(F)(F)CC2Cn2cc(C(=O)N3CCCC3)nn2)c(C)c1. The van der Waals surface area contributed by atoms with Crippen molar-refractivity contribution in [1.29, 1.82) is 0 Å². The molecule has 2 aliphatic rings. The molecule has 1 atom stereocenters. The van der Waals surface area contributed by atoms with Gasteiger partial charge in [-0.05, 0) is 38.3 Å². The predicted octanol–water partition coefficient (Wildman–Crippen LogP) is 2.68. The van der Waals surface area contributed by atoms with Crippen LogP contribution in [0.25, 0.3) is 0 Å². The van der Waals surface area contributed by atoms with Gasteiger partial charge in [-0.25, -0.2) is 13.5 Å². The molecule has 3 heterocycles. The maximum absolute atomic E-state index is 14.2. The molecule has 0 radical (unpaired) electrons. The number of nitrogens with zero attached hydrogens (tertiary/aromatic N) is 5. The third-order valence-corrected chi connectivity index (χ3v) is 5.80. The number of carbonyl (C=O) groups is 2. The van der Waals surface area contributed by atoms with Crippen LogP contribution in [0, 0.1) is 13.8 Å². The van der Waals surface area contributed by atoms with E-state index in [1.54, 1.807) is 24.0 Å². The summed E-state index contributed by atoms with van der Waals surface area (Å²) in [4.78, 5) is 28.4. The number of alkyl halides is 2. The standard InChI is InChI=1S/C21H25F2N5O2/c1-14-5-6-17(15(2)9-14)19(29)28-13-21(22,23)10-16(28)11-27-12-18(24-25-27)20(30)26-7-3-4-8-26/h5-6,9,12,16H,3-4,7-8,10-11,13H2,1-2H3. The fourth-order valence-corrected chi connectivity index (χ4v) is 4.29. The van der Waals surface area contributed by atoms with Crippen molar-refractivity contribution in [2.75, 3.05) is 19.6 Å². The Morgan fingerprint density at radius 2 is 1.90 bits per heavy atom. The summed E-state index contributed by atoms with van der Waals surface area (Å²) >= 11 is 0. The molecule has 7 nitrogen and oxygen atoms in total. The largest absolute Gasteiger partial charge is 0.337 e. The van der Waals surface area contributed by atoms with Crippen molar-refractivity contribution in [1.82, 2.24) is 24.8 Å². The smallest absolute Gasteiger partial charge is 0.276 e. The highest BCUT2D eigenvalue weighted by Crippen LogP contribution is 2.34. The van der Waals surface area contributed by atoms with E-state index in [2.05, 4.69) is 10.3 Å². The number of aryl methyl sites for hydroxylation is 2. The maximum atomic E-state index is 14.2. The summed E-state index contributed by atoms with van der Waals surface area (Å²) in [5, 5.41) is 7.87. The highest BCUT2D eigenvalue weighted by molar-refractivity contribution is 5.96. The van der Waals surface area contributed by atoms with Crippen LogP contribution in [0.15, 0.2) is 24.4 Å². The molecule has 0 bridgehead atoms. The molecule has 2 aromatic rings. The van der Waals surface area contributed by atoms with Gasteiger partial charge in [-0.15, -0.1) is 5.10 Å². The van der Waals surface area contributed by atoms with E-state index in [0.29, 0.717) is 18.7 Å². The molecule has 0 N–H and O–H groups in total. The van der Waals surface area contributed by atoms with Gasteiger partial charge in [0.05, 0.1) is 25.3 Å². The lowest BCUT2D eigenvalue weighted by atomic mass is 10.0. The minimum atomic E-state index is -2.96. The third kappa shape index (κ3) is 4.06. The zero-order valence-corrected chi connectivity index (χ0v) is 17.1. The second-order valence-corrected chi connectivity index (χ2v) is 8.29. The normalized spacial score (nSPS) is 20.7. The predicted molar refractivity (Wildman–Crippen MR) is 105 cm³/mol. The van der Waals surface area contributed by atoms with Crippen LogP contribution in [0.1, 0.15) is 51.2 Å². The molecule has 2 fully saturated rings. The fourth-order valence-electron chi connectivity index (χ4n) is 4.29. The minimum Gasteiger partial charge on any atom is -0.337 e. The quantitative estimate of drug-likeness (QED) is 0.767. The summed E-state index contributed by atoms with van der Waals surface area (Å²) in [5.41, 5.74) is 2.39. The van der Waals surface area contributed by atoms with Crippen molar-refractivity contribution in [2.24, 2.45) is 0 Å². The number of benzene rings is 1. The first-order valence-electron chi connectivity index (χ1n) is 10.2. The lowest BCUT2D eigenvalue weighted by molar-refractivity contribution is 0.0117. The van der Waals surface area contributed by atoms with Gasteiger partial charge in [0, 0.05) is 25.1 Å². The number of aromatic nitrogens is 3. The number of rotatable bonds is 4. The third-order valence-electron chi connectivity index (χ3n) is 5.80. The molecule has 1 aromatic heterocycles. The van der Waals surface area contributed by atoms with Gasteiger partial charge in [0.2, 0.25) is 0 Å². The zero-order chi connectivity index (χ0) is 21.5. The first kappa shape index (κ1) is 20.4. The Balaban J connectivity index is 1.52. The Bertz CT molecular complexity index is 968. The van der Waals surface area contributed by atoms with Crippen LogP contribution >= 0.6 is 0 Å². The summed E-state index contributed by atoms with van der Waals surface area (Å²) in [6.45, 7) is 4.54. The number of hydrogen-bond donors (Lipinski definition) is 0. The van der Waals surface area contributed by atoms with E-state index in [1.807, 2.05) is 13.0 Å². The van der Waals surface area contributed by atoms with Crippen LogP contribution in [0.4, 0.5) is 8.78 Å². The van der Waals surface area contributed by atoms with E-state index in [1.165, 1.54) is 15.8 Å². The van der Waals surface area contributed by atoms with Gasteiger partial charge in [0.1, 0.15) is 0 Å². The summed E-state index contributed by atoms with van der Waals surface area (Å²) < 4.78 is 29.8. The van der Waals surface area contributed by atoms with Gasteiger partial charge in [0.25, 0.3) is 17.7 Å². The fraction of sp³-hybridized carbons (Fsp3) is 0.524. The highest BCUT2D eigenvalue weighted by Gasteiger charge is 2.47.